The maximum Gasteiger partial charge on any atom is 0.419 e. The van der Waals surface area contributed by atoms with Crippen molar-refractivity contribution < 1.29 is 22.4 Å². The molecule has 0 saturated carbocycles. The Morgan fingerprint density at radius 1 is 1.17 bits per heavy atom. The van der Waals surface area contributed by atoms with Gasteiger partial charge in [-0.2, -0.15) is 13.2 Å². The van der Waals surface area contributed by atoms with Crippen LogP contribution in [0, 0.1) is 5.82 Å². The maximum atomic E-state index is 14.8. The maximum absolute atomic E-state index is 14.8. The molecular weight excluding hydrogens is 496 g/mol. The van der Waals surface area contributed by atoms with E-state index >= 15 is 0 Å². The van der Waals surface area contributed by atoms with E-state index in [9.17, 15) is 22.4 Å². The average molecular weight is 523 g/mol. The summed E-state index contributed by atoms with van der Waals surface area (Å²) in [5.74, 6) is -0.704. The van der Waals surface area contributed by atoms with Gasteiger partial charge >= 0.3 is 6.18 Å². The van der Waals surface area contributed by atoms with Crippen LogP contribution in [0.25, 0.3) is 0 Å². The number of halogens is 5. The molecule has 2 heterocycles. The zero-order chi connectivity index (χ0) is 26.0. The van der Waals surface area contributed by atoms with Crippen LogP contribution in [0.2, 0.25) is 5.15 Å². The second-order valence-corrected chi connectivity index (χ2v) is 9.06. The third-order valence-corrected chi connectivity index (χ3v) is 6.95. The lowest BCUT2D eigenvalue weighted by atomic mass is 9.94. The van der Waals surface area contributed by atoms with Crippen LogP contribution < -0.4 is 5.32 Å². The van der Waals surface area contributed by atoms with Crippen LogP contribution in [0.1, 0.15) is 53.6 Å². The summed E-state index contributed by atoms with van der Waals surface area (Å²) >= 11 is 6.58. The number of nitrogens with zero attached hydrogens (tertiary/aromatic N) is 3. The molecule has 3 aromatic rings. The zero-order valence-electron chi connectivity index (χ0n) is 19.9. The van der Waals surface area contributed by atoms with Crippen LogP contribution >= 0.6 is 11.6 Å². The minimum Gasteiger partial charge on any atom is -0.358 e. The Hall–Kier alpha value is -2.91. The minimum absolute atomic E-state index is 0.0230. The molecule has 0 bridgehead atoms. The summed E-state index contributed by atoms with van der Waals surface area (Å²) in [4.78, 5) is 19.6. The molecule has 1 aromatic heterocycles. The normalized spacial score (nSPS) is 17.0. The van der Waals surface area contributed by atoms with Gasteiger partial charge in [0, 0.05) is 26.6 Å². The number of likely N-dealkylation sites (N-methyl/N-ethyl adjacent to an activating group) is 1. The van der Waals surface area contributed by atoms with E-state index < -0.39 is 29.6 Å². The Bertz CT molecular complexity index is 1230. The van der Waals surface area contributed by atoms with Crippen LogP contribution in [0.4, 0.5) is 17.6 Å². The van der Waals surface area contributed by atoms with Crippen LogP contribution in [-0.2, 0) is 30.4 Å². The number of aryl methyl sites for hydroxylation is 2. The number of carbonyl (C=O) groups is 1. The highest BCUT2D eigenvalue weighted by Gasteiger charge is 2.40. The van der Waals surface area contributed by atoms with E-state index in [-0.39, 0.29) is 29.5 Å². The van der Waals surface area contributed by atoms with Crippen molar-refractivity contribution in [2.24, 2.45) is 0 Å². The number of rotatable bonds is 7. The van der Waals surface area contributed by atoms with Crippen molar-refractivity contribution in [2.75, 3.05) is 13.6 Å². The number of nitrogens with one attached hydrogen (secondary N) is 1. The third kappa shape index (κ3) is 4.99. The van der Waals surface area contributed by atoms with Gasteiger partial charge in [0.25, 0.3) is 0 Å². The second kappa shape index (κ2) is 10.6. The first-order valence-corrected chi connectivity index (χ1v) is 12.2. The summed E-state index contributed by atoms with van der Waals surface area (Å²) in [6, 6.07) is 11.4. The van der Waals surface area contributed by atoms with Gasteiger partial charge in [-0.25, -0.2) is 9.37 Å². The Morgan fingerprint density at radius 2 is 1.89 bits per heavy atom. The van der Waals surface area contributed by atoms with Crippen molar-refractivity contribution in [1.29, 1.82) is 0 Å². The molecule has 0 saturated heterocycles. The van der Waals surface area contributed by atoms with Gasteiger partial charge in [-0.05, 0) is 30.0 Å². The number of benzene rings is 2. The van der Waals surface area contributed by atoms with E-state index in [0.29, 0.717) is 25.2 Å². The number of aromatic nitrogens is 2. The topological polar surface area (TPSA) is 50.2 Å². The predicted octanol–water partition coefficient (Wildman–Crippen LogP) is 5.73. The Labute approximate surface area is 212 Å². The van der Waals surface area contributed by atoms with Crippen molar-refractivity contribution in [3.8, 4) is 0 Å². The molecule has 0 fully saturated rings. The molecule has 4 rings (SSSR count). The predicted molar refractivity (Wildman–Crippen MR) is 129 cm³/mol. The van der Waals surface area contributed by atoms with E-state index in [4.69, 9.17) is 11.6 Å². The number of imidazole rings is 1. The summed E-state index contributed by atoms with van der Waals surface area (Å²) in [6.07, 6.45) is -3.87. The minimum atomic E-state index is -4.79. The van der Waals surface area contributed by atoms with Gasteiger partial charge in [0.05, 0.1) is 17.3 Å². The van der Waals surface area contributed by atoms with Crippen molar-refractivity contribution in [3.63, 3.8) is 0 Å². The van der Waals surface area contributed by atoms with E-state index in [1.807, 2.05) is 46.7 Å². The van der Waals surface area contributed by atoms with E-state index in [1.54, 1.807) is 7.05 Å². The number of fused-ring (bicyclic) bond motifs is 1. The fourth-order valence-electron chi connectivity index (χ4n) is 5.01. The quantitative estimate of drug-likeness (QED) is 0.403. The molecule has 1 N–H and O–H groups in total. The lowest BCUT2D eigenvalue weighted by molar-refractivity contribution is -0.140. The van der Waals surface area contributed by atoms with Crippen LogP contribution in [-0.4, -0.2) is 34.0 Å². The van der Waals surface area contributed by atoms with Gasteiger partial charge in [-0.1, -0.05) is 61.0 Å². The van der Waals surface area contributed by atoms with E-state index in [1.165, 1.54) is 12.1 Å². The summed E-state index contributed by atoms with van der Waals surface area (Å²) < 4.78 is 56.7. The smallest absolute Gasteiger partial charge is 0.358 e. The molecule has 2 atom stereocenters. The van der Waals surface area contributed by atoms with Gasteiger partial charge < -0.3 is 9.88 Å². The Morgan fingerprint density at radius 3 is 2.53 bits per heavy atom. The van der Waals surface area contributed by atoms with Gasteiger partial charge in [0.2, 0.25) is 5.91 Å². The van der Waals surface area contributed by atoms with Crippen molar-refractivity contribution in [2.45, 2.75) is 51.0 Å². The fourth-order valence-corrected chi connectivity index (χ4v) is 5.33. The molecule has 2 aromatic carbocycles. The highest BCUT2D eigenvalue weighted by atomic mass is 35.5. The number of alkyl halides is 3. The highest BCUT2D eigenvalue weighted by Crippen LogP contribution is 2.41. The monoisotopic (exact) mass is 522 g/mol. The number of hydrogen-bond donors (Lipinski definition) is 1. The van der Waals surface area contributed by atoms with Gasteiger partial charge in [0.15, 0.2) is 5.15 Å². The van der Waals surface area contributed by atoms with Crippen LogP contribution in [0.5, 0.6) is 0 Å². The van der Waals surface area contributed by atoms with E-state index in [0.717, 1.165) is 17.5 Å². The van der Waals surface area contributed by atoms with Gasteiger partial charge in [-0.15, -0.1) is 0 Å². The highest BCUT2D eigenvalue weighted by molar-refractivity contribution is 6.30. The Balaban J connectivity index is 1.76. The first-order chi connectivity index (χ1) is 17.2. The standard InChI is InChI=1S/C26H27ClF4N4O/c1-3-20-33-24(27)23-19(13-12-16-10-7-11-18(21(16)28)26(29,30)31)34(14-15-35(20)23)22(25(36)32-2)17-8-5-4-6-9-17/h4-11,19,22H,3,12-15H2,1-2H3,(H,32,36)/t19-,22+/m0/s1. The first kappa shape index (κ1) is 26.2. The van der Waals surface area contributed by atoms with Crippen LogP contribution in [0.3, 0.4) is 0 Å². The average Bonchev–Trinajstić information content (AvgIpc) is 3.19. The molecule has 0 aliphatic carbocycles. The summed E-state index contributed by atoms with van der Waals surface area (Å²) in [7, 11) is 1.56. The lowest BCUT2D eigenvalue weighted by Crippen LogP contribution is -2.46. The molecule has 1 amide bonds. The number of hydrogen-bond acceptors (Lipinski definition) is 3. The number of carbonyl (C=O) groups excluding carboxylic acids is 1. The van der Waals surface area contributed by atoms with Crippen molar-refractivity contribution in [1.82, 2.24) is 19.8 Å². The molecule has 0 radical (unpaired) electrons. The first-order valence-electron chi connectivity index (χ1n) is 11.8. The molecule has 1 aliphatic heterocycles. The van der Waals surface area contributed by atoms with Crippen molar-refractivity contribution >= 4 is 17.5 Å². The SMILES string of the molecule is CCc1nc(Cl)c2n1CCN([C@@H](C(=O)NC)c1ccccc1)[C@H]2CCc1cccc(C(F)(F)F)c1F. The molecule has 0 spiro atoms. The van der Waals surface area contributed by atoms with Gasteiger partial charge in [-0.3, -0.25) is 9.69 Å². The molecule has 5 nitrogen and oxygen atoms in total. The zero-order valence-corrected chi connectivity index (χ0v) is 20.7. The summed E-state index contributed by atoms with van der Waals surface area (Å²) in [5.41, 5.74) is 0.137. The largest absolute Gasteiger partial charge is 0.419 e. The fraction of sp³-hybridized carbons (Fsp3) is 0.385. The molecule has 36 heavy (non-hydrogen) atoms. The third-order valence-electron chi connectivity index (χ3n) is 6.67. The van der Waals surface area contributed by atoms with E-state index in [2.05, 4.69) is 10.3 Å². The summed E-state index contributed by atoms with van der Waals surface area (Å²) in [5, 5.41) is 3.01. The molecule has 0 unspecified atom stereocenters. The molecular formula is C26H27ClF4N4O. The second-order valence-electron chi connectivity index (χ2n) is 8.71. The number of amides is 1. The summed E-state index contributed by atoms with van der Waals surface area (Å²) in [6.45, 7) is 2.99. The van der Waals surface area contributed by atoms with Gasteiger partial charge in [0.1, 0.15) is 17.7 Å². The molecule has 1 aliphatic rings. The van der Waals surface area contributed by atoms with Crippen LogP contribution in [0.15, 0.2) is 48.5 Å². The van der Waals surface area contributed by atoms with Crippen molar-refractivity contribution in [3.05, 3.63) is 87.7 Å². The molecule has 192 valence electrons. The lowest BCUT2D eigenvalue weighted by Gasteiger charge is -2.41. The molecule has 10 heteroatoms. The Kier molecular flexibility index (Phi) is 7.70.